The number of carbonyl (C=O) groups excluding carboxylic acids is 1. The zero-order chi connectivity index (χ0) is 25.2. The molecule has 36 heavy (non-hydrogen) atoms. The summed E-state index contributed by atoms with van der Waals surface area (Å²) in [7, 11) is 4.89. The van der Waals surface area contributed by atoms with Gasteiger partial charge in [-0.2, -0.15) is 0 Å². The maximum atomic E-state index is 13.5. The zero-order valence-electron chi connectivity index (χ0n) is 21.2. The van der Waals surface area contributed by atoms with Crippen LogP contribution in [0.4, 0.5) is 11.4 Å². The number of hydrogen-bond acceptors (Lipinski definition) is 5. The van der Waals surface area contributed by atoms with Crippen LogP contribution in [0.1, 0.15) is 46.8 Å². The molecule has 186 valence electrons. The number of methoxy groups -OCH3 is 3. The number of anilines is 2. The highest BCUT2D eigenvalue weighted by Gasteiger charge is 2.39. The highest BCUT2D eigenvalue weighted by Crippen LogP contribution is 2.52. The van der Waals surface area contributed by atoms with Crippen molar-refractivity contribution in [3.8, 4) is 17.2 Å². The molecular formula is C30H32N2O4. The minimum Gasteiger partial charge on any atom is -0.493 e. The molecule has 0 saturated carbocycles. The topological polar surface area (TPSA) is 60.0 Å². The maximum absolute atomic E-state index is 13.5. The number of para-hydroxylation sites is 1. The van der Waals surface area contributed by atoms with Crippen molar-refractivity contribution < 1.29 is 19.0 Å². The van der Waals surface area contributed by atoms with E-state index in [1.165, 1.54) is 0 Å². The molecule has 3 atom stereocenters. The van der Waals surface area contributed by atoms with E-state index >= 15 is 0 Å². The van der Waals surface area contributed by atoms with Crippen LogP contribution in [0.2, 0.25) is 0 Å². The van der Waals surface area contributed by atoms with Gasteiger partial charge in [0.05, 0.1) is 27.4 Å². The number of carbonyl (C=O) groups is 1. The van der Waals surface area contributed by atoms with Gasteiger partial charge in [-0.25, -0.2) is 0 Å². The first-order chi connectivity index (χ1) is 17.6. The van der Waals surface area contributed by atoms with Gasteiger partial charge in [-0.05, 0) is 72.9 Å². The van der Waals surface area contributed by atoms with Gasteiger partial charge in [0.1, 0.15) is 0 Å². The van der Waals surface area contributed by atoms with Gasteiger partial charge in [-0.15, -0.1) is 0 Å². The largest absolute Gasteiger partial charge is 0.493 e. The fraction of sp³-hybridized carbons (Fsp3) is 0.300. The molecule has 6 heteroatoms. The number of fused-ring (bicyclic) bond motifs is 3. The van der Waals surface area contributed by atoms with E-state index in [-0.39, 0.29) is 17.9 Å². The van der Waals surface area contributed by atoms with Gasteiger partial charge in [-0.1, -0.05) is 30.4 Å². The maximum Gasteiger partial charge on any atom is 0.258 e. The van der Waals surface area contributed by atoms with E-state index in [0.29, 0.717) is 35.3 Å². The number of nitrogens with zero attached hydrogens (tertiary/aromatic N) is 1. The van der Waals surface area contributed by atoms with E-state index in [9.17, 15) is 4.79 Å². The molecule has 0 radical (unpaired) electrons. The van der Waals surface area contributed by atoms with Gasteiger partial charge >= 0.3 is 0 Å². The molecule has 6 nitrogen and oxygen atoms in total. The molecule has 0 aromatic heterocycles. The monoisotopic (exact) mass is 484 g/mol. The molecule has 1 amide bonds. The van der Waals surface area contributed by atoms with Gasteiger partial charge in [0.2, 0.25) is 5.75 Å². The summed E-state index contributed by atoms with van der Waals surface area (Å²) in [6.45, 7) is 2.61. The fourth-order valence-electron chi connectivity index (χ4n) is 5.55. The molecule has 3 unspecified atom stereocenters. The first kappa shape index (κ1) is 23.8. The van der Waals surface area contributed by atoms with Crippen molar-refractivity contribution in [2.24, 2.45) is 5.92 Å². The quantitative estimate of drug-likeness (QED) is 0.404. The first-order valence-corrected chi connectivity index (χ1v) is 12.3. The lowest BCUT2D eigenvalue weighted by molar-refractivity contribution is 0.0988. The minimum atomic E-state index is 0.0109. The molecule has 0 bridgehead atoms. The number of nitrogens with one attached hydrogen (secondary N) is 1. The van der Waals surface area contributed by atoms with Gasteiger partial charge in [0.15, 0.2) is 11.5 Å². The second kappa shape index (κ2) is 9.97. The lowest BCUT2D eigenvalue weighted by Crippen LogP contribution is -2.32. The van der Waals surface area contributed by atoms with Crippen LogP contribution < -0.4 is 24.4 Å². The Morgan fingerprint density at radius 2 is 1.69 bits per heavy atom. The summed E-state index contributed by atoms with van der Waals surface area (Å²) in [5.41, 5.74) is 4.89. The van der Waals surface area contributed by atoms with Gasteiger partial charge < -0.3 is 24.4 Å². The predicted octanol–water partition coefficient (Wildman–Crippen LogP) is 6.21. The SMILES string of the molecule is CCN(C(=O)c1ccc2c(c1)C1C=CCC1C(c1cc(OC)c(OC)c(OC)c1)N2)c1ccccc1. The molecular weight excluding hydrogens is 452 g/mol. The summed E-state index contributed by atoms with van der Waals surface area (Å²) in [6, 6.07) is 19.9. The van der Waals surface area contributed by atoms with Crippen LogP contribution in [-0.4, -0.2) is 33.8 Å². The molecule has 1 aliphatic heterocycles. The van der Waals surface area contributed by atoms with Crippen LogP contribution in [0.5, 0.6) is 17.2 Å². The van der Waals surface area contributed by atoms with Crippen LogP contribution >= 0.6 is 0 Å². The average Bonchev–Trinajstić information content (AvgIpc) is 3.43. The van der Waals surface area contributed by atoms with Crippen LogP contribution in [0.15, 0.2) is 72.8 Å². The molecule has 3 aromatic carbocycles. The van der Waals surface area contributed by atoms with Crippen molar-refractivity contribution in [2.75, 3.05) is 38.1 Å². The molecule has 5 rings (SSSR count). The summed E-state index contributed by atoms with van der Waals surface area (Å²) in [5.74, 6) is 2.40. The Bertz CT molecular complexity index is 1260. The van der Waals surface area contributed by atoms with Crippen LogP contribution in [0.3, 0.4) is 0 Å². The predicted molar refractivity (Wildman–Crippen MR) is 143 cm³/mol. The Balaban J connectivity index is 1.50. The van der Waals surface area contributed by atoms with E-state index in [2.05, 4.69) is 23.5 Å². The van der Waals surface area contributed by atoms with Crippen LogP contribution in [0.25, 0.3) is 0 Å². The molecule has 1 heterocycles. The summed E-state index contributed by atoms with van der Waals surface area (Å²) >= 11 is 0. The number of ether oxygens (including phenoxy) is 3. The average molecular weight is 485 g/mol. The smallest absolute Gasteiger partial charge is 0.258 e. The van der Waals surface area contributed by atoms with E-state index in [4.69, 9.17) is 14.2 Å². The normalized spacial score (nSPS) is 19.6. The third-order valence-corrected chi connectivity index (χ3v) is 7.29. The standard InChI is InChI=1S/C30H32N2O4/c1-5-32(21-10-7-6-8-11-21)30(33)19-14-15-25-24(16-19)22-12-9-13-23(22)28(31-25)20-17-26(34-2)29(36-4)27(18-20)35-3/h6-12,14-18,22-23,28,31H,5,13H2,1-4H3. The fourth-order valence-corrected chi connectivity index (χ4v) is 5.55. The third-order valence-electron chi connectivity index (χ3n) is 7.29. The van der Waals surface area contributed by atoms with Crippen molar-refractivity contribution in [2.45, 2.75) is 25.3 Å². The number of hydrogen-bond donors (Lipinski definition) is 1. The molecule has 0 fully saturated rings. The highest BCUT2D eigenvalue weighted by molar-refractivity contribution is 6.06. The lowest BCUT2D eigenvalue weighted by atomic mass is 9.76. The zero-order valence-corrected chi connectivity index (χ0v) is 21.2. The van der Waals surface area contributed by atoms with Crippen LogP contribution in [-0.2, 0) is 0 Å². The van der Waals surface area contributed by atoms with Crippen molar-refractivity contribution in [1.29, 1.82) is 0 Å². The van der Waals surface area contributed by atoms with Gasteiger partial charge in [-0.3, -0.25) is 4.79 Å². The summed E-state index contributed by atoms with van der Waals surface area (Å²) in [6.07, 6.45) is 5.47. The summed E-state index contributed by atoms with van der Waals surface area (Å²) in [5, 5.41) is 3.75. The van der Waals surface area contributed by atoms with Crippen LogP contribution in [0, 0.1) is 5.92 Å². The van der Waals surface area contributed by atoms with E-state index in [0.717, 1.165) is 28.9 Å². The Hall–Kier alpha value is -3.93. The molecule has 3 aromatic rings. The number of benzene rings is 3. The van der Waals surface area contributed by atoms with E-state index < -0.39 is 0 Å². The molecule has 0 saturated heterocycles. The Kier molecular flexibility index (Phi) is 6.59. The Labute approximate surface area is 212 Å². The highest BCUT2D eigenvalue weighted by atomic mass is 16.5. The second-order valence-electron chi connectivity index (χ2n) is 9.12. The van der Waals surface area contributed by atoms with Crippen molar-refractivity contribution in [1.82, 2.24) is 0 Å². The summed E-state index contributed by atoms with van der Waals surface area (Å²) < 4.78 is 16.7. The second-order valence-corrected chi connectivity index (χ2v) is 9.12. The van der Waals surface area contributed by atoms with E-state index in [1.807, 2.05) is 66.4 Å². The molecule has 2 aliphatic rings. The first-order valence-electron chi connectivity index (χ1n) is 12.3. The van der Waals surface area contributed by atoms with Crippen molar-refractivity contribution in [3.63, 3.8) is 0 Å². The van der Waals surface area contributed by atoms with Gasteiger partial charge in [0, 0.05) is 29.4 Å². The lowest BCUT2D eigenvalue weighted by Gasteiger charge is -2.38. The molecule has 1 aliphatic carbocycles. The molecule has 1 N–H and O–H groups in total. The number of allylic oxidation sites excluding steroid dienone is 2. The Morgan fingerprint density at radius 1 is 0.972 bits per heavy atom. The third kappa shape index (κ3) is 4.06. The van der Waals surface area contributed by atoms with Crippen molar-refractivity contribution >= 4 is 17.3 Å². The van der Waals surface area contributed by atoms with Gasteiger partial charge in [0.25, 0.3) is 5.91 Å². The number of amides is 1. The molecule has 0 spiro atoms. The Morgan fingerprint density at radius 3 is 2.33 bits per heavy atom. The summed E-state index contributed by atoms with van der Waals surface area (Å²) in [4.78, 5) is 15.3. The minimum absolute atomic E-state index is 0.0109. The van der Waals surface area contributed by atoms with Crippen molar-refractivity contribution in [3.05, 3.63) is 89.5 Å². The van der Waals surface area contributed by atoms with E-state index in [1.54, 1.807) is 21.3 Å². The number of rotatable bonds is 7.